The van der Waals surface area contributed by atoms with Crippen molar-refractivity contribution in [1.29, 1.82) is 0 Å². The van der Waals surface area contributed by atoms with Crippen LogP contribution in [0.1, 0.15) is 23.6 Å². The zero-order chi connectivity index (χ0) is 19.3. The van der Waals surface area contributed by atoms with Gasteiger partial charge in [0.2, 0.25) is 0 Å². The molecule has 2 aromatic carbocycles. The third-order valence-electron chi connectivity index (χ3n) is 4.24. The van der Waals surface area contributed by atoms with Crippen molar-refractivity contribution in [3.8, 4) is 17.2 Å². The van der Waals surface area contributed by atoms with Gasteiger partial charge in [0, 0.05) is 13.6 Å². The van der Waals surface area contributed by atoms with Crippen LogP contribution in [0.2, 0.25) is 0 Å². The lowest BCUT2D eigenvalue weighted by Gasteiger charge is -2.23. The first-order valence-corrected chi connectivity index (χ1v) is 8.55. The Bertz CT molecular complexity index is 773. The average molecular weight is 357 g/mol. The molecule has 1 atom stereocenters. The van der Waals surface area contributed by atoms with Gasteiger partial charge in [0.15, 0.2) is 17.6 Å². The first-order valence-electron chi connectivity index (χ1n) is 8.55. The topological polar surface area (TPSA) is 48.0 Å². The van der Waals surface area contributed by atoms with Crippen molar-refractivity contribution in [2.75, 3.05) is 21.3 Å². The van der Waals surface area contributed by atoms with E-state index in [2.05, 4.69) is 0 Å². The fourth-order valence-corrected chi connectivity index (χ4v) is 2.72. The number of aryl methyl sites for hydroxylation is 2. The second-order valence-corrected chi connectivity index (χ2v) is 6.41. The molecular formula is C21H27NO4. The maximum atomic E-state index is 12.7. The zero-order valence-electron chi connectivity index (χ0n) is 16.3. The molecule has 0 saturated carbocycles. The van der Waals surface area contributed by atoms with Crippen LogP contribution >= 0.6 is 0 Å². The molecule has 2 rings (SSSR count). The molecule has 1 amide bonds. The Kier molecular flexibility index (Phi) is 6.50. The number of methoxy groups -OCH3 is 2. The average Bonchev–Trinajstić information content (AvgIpc) is 2.63. The van der Waals surface area contributed by atoms with Crippen LogP contribution in [0.3, 0.4) is 0 Å². The SMILES string of the molecule is COc1ccc(CN(C)C(=O)[C@H](C)Oc2cc(C)ccc2C)cc1OC. The van der Waals surface area contributed by atoms with Gasteiger partial charge in [-0.2, -0.15) is 0 Å². The van der Waals surface area contributed by atoms with Crippen LogP contribution in [-0.2, 0) is 11.3 Å². The largest absolute Gasteiger partial charge is 0.493 e. The quantitative estimate of drug-likeness (QED) is 0.757. The predicted molar refractivity (Wildman–Crippen MR) is 102 cm³/mol. The lowest BCUT2D eigenvalue weighted by molar-refractivity contribution is -0.137. The first-order chi connectivity index (χ1) is 12.3. The number of hydrogen-bond donors (Lipinski definition) is 0. The fraction of sp³-hybridized carbons (Fsp3) is 0.381. The summed E-state index contributed by atoms with van der Waals surface area (Å²) < 4.78 is 16.5. The van der Waals surface area contributed by atoms with Crippen LogP contribution in [0.4, 0.5) is 0 Å². The smallest absolute Gasteiger partial charge is 0.263 e. The van der Waals surface area contributed by atoms with Crippen molar-refractivity contribution in [3.63, 3.8) is 0 Å². The number of amides is 1. The molecule has 0 aromatic heterocycles. The van der Waals surface area contributed by atoms with Gasteiger partial charge in [-0.3, -0.25) is 4.79 Å². The van der Waals surface area contributed by atoms with Crippen molar-refractivity contribution in [2.45, 2.75) is 33.4 Å². The van der Waals surface area contributed by atoms with Crippen LogP contribution < -0.4 is 14.2 Å². The van der Waals surface area contributed by atoms with Crippen molar-refractivity contribution in [3.05, 3.63) is 53.1 Å². The van der Waals surface area contributed by atoms with E-state index in [1.54, 1.807) is 33.1 Å². The van der Waals surface area contributed by atoms with Gasteiger partial charge in [-0.05, 0) is 55.7 Å². The van der Waals surface area contributed by atoms with E-state index in [1.807, 2.05) is 50.2 Å². The molecule has 5 nitrogen and oxygen atoms in total. The highest BCUT2D eigenvalue weighted by Crippen LogP contribution is 2.28. The molecule has 0 bridgehead atoms. The van der Waals surface area contributed by atoms with Crippen molar-refractivity contribution in [1.82, 2.24) is 4.90 Å². The summed E-state index contributed by atoms with van der Waals surface area (Å²) >= 11 is 0. The van der Waals surface area contributed by atoms with Gasteiger partial charge in [-0.1, -0.05) is 18.2 Å². The number of carbonyl (C=O) groups excluding carboxylic acids is 1. The highest BCUT2D eigenvalue weighted by Gasteiger charge is 2.20. The van der Waals surface area contributed by atoms with E-state index >= 15 is 0 Å². The van der Waals surface area contributed by atoms with Crippen LogP contribution in [0.5, 0.6) is 17.2 Å². The number of carbonyl (C=O) groups is 1. The highest BCUT2D eigenvalue weighted by atomic mass is 16.5. The fourth-order valence-electron chi connectivity index (χ4n) is 2.72. The summed E-state index contributed by atoms with van der Waals surface area (Å²) in [5.41, 5.74) is 3.07. The maximum Gasteiger partial charge on any atom is 0.263 e. The van der Waals surface area contributed by atoms with Gasteiger partial charge in [0.1, 0.15) is 5.75 Å². The van der Waals surface area contributed by atoms with E-state index in [-0.39, 0.29) is 5.91 Å². The van der Waals surface area contributed by atoms with Crippen molar-refractivity contribution < 1.29 is 19.0 Å². The van der Waals surface area contributed by atoms with Gasteiger partial charge in [0.25, 0.3) is 5.91 Å². The number of likely N-dealkylation sites (N-methyl/N-ethyl adjacent to an activating group) is 1. The standard InChI is InChI=1S/C21H27NO4/c1-14-7-8-15(2)19(11-14)26-16(3)21(23)22(4)13-17-9-10-18(24-5)20(12-17)25-6/h7-12,16H,13H2,1-6H3/t16-/m0/s1. The molecule has 0 aliphatic rings. The van der Waals surface area contributed by atoms with Crippen LogP contribution in [0.25, 0.3) is 0 Å². The number of nitrogens with zero attached hydrogens (tertiary/aromatic N) is 1. The number of rotatable bonds is 7. The molecule has 5 heteroatoms. The van der Waals surface area contributed by atoms with E-state index in [4.69, 9.17) is 14.2 Å². The Balaban J connectivity index is 2.05. The molecule has 0 unspecified atom stereocenters. The van der Waals surface area contributed by atoms with Crippen LogP contribution in [-0.4, -0.2) is 38.2 Å². The molecule has 0 spiro atoms. The lowest BCUT2D eigenvalue weighted by Crippen LogP contribution is -2.37. The maximum absolute atomic E-state index is 12.7. The molecule has 0 fully saturated rings. The van der Waals surface area contributed by atoms with Gasteiger partial charge < -0.3 is 19.1 Å². The summed E-state index contributed by atoms with van der Waals surface area (Å²) in [6.45, 7) is 6.20. The Labute approximate surface area is 155 Å². The molecule has 0 aliphatic heterocycles. The summed E-state index contributed by atoms with van der Waals surface area (Å²) in [7, 11) is 4.96. The van der Waals surface area contributed by atoms with Crippen LogP contribution in [0.15, 0.2) is 36.4 Å². The minimum Gasteiger partial charge on any atom is -0.493 e. The van der Waals surface area contributed by atoms with E-state index in [1.165, 1.54) is 0 Å². The Morgan fingerprint density at radius 2 is 1.69 bits per heavy atom. The highest BCUT2D eigenvalue weighted by molar-refractivity contribution is 5.80. The molecule has 0 radical (unpaired) electrons. The molecule has 140 valence electrons. The van der Waals surface area contributed by atoms with Gasteiger partial charge in [-0.25, -0.2) is 0 Å². The summed E-state index contributed by atoms with van der Waals surface area (Å²) in [6.07, 6.45) is -0.569. The first kappa shape index (κ1) is 19.6. The lowest BCUT2D eigenvalue weighted by atomic mass is 10.1. The minimum atomic E-state index is -0.569. The minimum absolute atomic E-state index is 0.0827. The van der Waals surface area contributed by atoms with E-state index in [0.717, 1.165) is 22.4 Å². The Morgan fingerprint density at radius 3 is 2.35 bits per heavy atom. The Hall–Kier alpha value is -2.69. The molecule has 2 aromatic rings. The number of ether oxygens (including phenoxy) is 3. The van der Waals surface area contributed by atoms with E-state index in [9.17, 15) is 4.79 Å². The molecule has 26 heavy (non-hydrogen) atoms. The van der Waals surface area contributed by atoms with Crippen molar-refractivity contribution >= 4 is 5.91 Å². The monoisotopic (exact) mass is 357 g/mol. The zero-order valence-corrected chi connectivity index (χ0v) is 16.3. The third-order valence-corrected chi connectivity index (χ3v) is 4.24. The summed E-state index contributed by atoms with van der Waals surface area (Å²) in [6, 6.07) is 11.6. The van der Waals surface area contributed by atoms with E-state index < -0.39 is 6.10 Å². The van der Waals surface area contributed by atoms with Gasteiger partial charge in [0.05, 0.1) is 14.2 Å². The van der Waals surface area contributed by atoms with Gasteiger partial charge in [-0.15, -0.1) is 0 Å². The van der Waals surface area contributed by atoms with Crippen molar-refractivity contribution in [2.24, 2.45) is 0 Å². The third kappa shape index (κ3) is 4.69. The molecule has 0 aliphatic carbocycles. The molecule has 0 saturated heterocycles. The summed E-state index contributed by atoms with van der Waals surface area (Å²) in [4.78, 5) is 14.3. The number of benzene rings is 2. The van der Waals surface area contributed by atoms with E-state index in [0.29, 0.717) is 18.0 Å². The Morgan fingerprint density at radius 1 is 1.00 bits per heavy atom. The number of hydrogen-bond acceptors (Lipinski definition) is 4. The molecule has 0 N–H and O–H groups in total. The second-order valence-electron chi connectivity index (χ2n) is 6.41. The van der Waals surface area contributed by atoms with Gasteiger partial charge >= 0.3 is 0 Å². The molecule has 0 heterocycles. The second kappa shape index (κ2) is 8.61. The van der Waals surface area contributed by atoms with Crippen LogP contribution in [0, 0.1) is 13.8 Å². The summed E-state index contributed by atoms with van der Waals surface area (Å²) in [5, 5.41) is 0. The predicted octanol–water partition coefficient (Wildman–Crippen LogP) is 3.75. The summed E-state index contributed by atoms with van der Waals surface area (Å²) in [5.74, 6) is 1.97. The normalized spacial score (nSPS) is 11.6. The molecular weight excluding hydrogens is 330 g/mol.